The number of rotatable bonds is 2. The van der Waals surface area contributed by atoms with Gasteiger partial charge in [0.25, 0.3) is 0 Å². The second-order valence-electron chi connectivity index (χ2n) is 7.68. The first-order valence-corrected chi connectivity index (χ1v) is 8.48. The standard InChI is InChI=1S/C21H28N2/c1-15-11-9-10-14-18(15)23-16(2)19(17-12-7-6-8-13-17)22-20(23)21(3,4)5/h6-14,16,19-20,22H,1-5H3/t16-,19?,20?/m0/s1/i/hD. The number of nitrogens with zero attached hydrogens (tertiary/aromatic N) is 1. The summed E-state index contributed by atoms with van der Waals surface area (Å²) in [5.74, 6) is 0. The maximum atomic E-state index is 8.91. The second-order valence-corrected chi connectivity index (χ2v) is 7.68. The molecule has 1 aliphatic heterocycles. The third-order valence-electron chi connectivity index (χ3n) is 4.77. The molecule has 1 aliphatic rings. The van der Waals surface area contributed by atoms with Crippen LogP contribution in [-0.4, -0.2) is 12.2 Å². The summed E-state index contributed by atoms with van der Waals surface area (Å²) in [6.45, 7) is 11.1. The minimum atomic E-state index is -0.0260. The highest BCUT2D eigenvalue weighted by atomic mass is 15.4. The van der Waals surface area contributed by atoms with Gasteiger partial charge in [0.2, 0.25) is 0 Å². The Morgan fingerprint density at radius 3 is 2.22 bits per heavy atom. The Hall–Kier alpha value is -1.80. The third kappa shape index (κ3) is 3.00. The molecular formula is C21H28N2. The molecule has 122 valence electrons. The van der Waals surface area contributed by atoms with Crippen LogP contribution in [0.2, 0.25) is 1.41 Å². The molecule has 1 N–H and O–H groups in total. The average Bonchev–Trinajstić information content (AvgIpc) is 2.79. The van der Waals surface area contributed by atoms with E-state index in [-0.39, 0.29) is 23.7 Å². The van der Waals surface area contributed by atoms with Crippen LogP contribution in [0.3, 0.4) is 0 Å². The van der Waals surface area contributed by atoms with E-state index in [4.69, 9.17) is 1.41 Å². The SMILES string of the molecule is [2H]N1C(c2ccccc2)[C@H](C)N(c2ccccc2C)C1C(C)(C)C. The molecule has 0 saturated carbocycles. The highest BCUT2D eigenvalue weighted by Gasteiger charge is 2.44. The number of para-hydroxylation sites is 1. The molecule has 2 heteroatoms. The van der Waals surface area contributed by atoms with Crippen LogP contribution in [0, 0.1) is 12.3 Å². The van der Waals surface area contributed by atoms with E-state index in [0.29, 0.717) is 0 Å². The van der Waals surface area contributed by atoms with E-state index in [9.17, 15) is 0 Å². The van der Waals surface area contributed by atoms with Crippen LogP contribution in [0.15, 0.2) is 54.6 Å². The molecule has 2 aromatic rings. The molecule has 2 unspecified atom stereocenters. The molecule has 23 heavy (non-hydrogen) atoms. The van der Waals surface area contributed by atoms with E-state index in [0.717, 1.165) is 0 Å². The van der Waals surface area contributed by atoms with Gasteiger partial charge >= 0.3 is 0 Å². The van der Waals surface area contributed by atoms with E-state index >= 15 is 0 Å². The lowest BCUT2D eigenvalue weighted by Gasteiger charge is -2.38. The lowest BCUT2D eigenvalue weighted by molar-refractivity contribution is 0.287. The van der Waals surface area contributed by atoms with Gasteiger partial charge in [-0.1, -0.05) is 69.3 Å². The normalized spacial score (nSPS) is 26.4. The summed E-state index contributed by atoms with van der Waals surface area (Å²) in [5, 5.41) is 1.81. The van der Waals surface area contributed by atoms with Crippen molar-refractivity contribution >= 4 is 5.69 Å². The Balaban J connectivity index is 2.11. The van der Waals surface area contributed by atoms with Gasteiger partial charge in [-0.15, -0.1) is 0 Å². The van der Waals surface area contributed by atoms with Crippen LogP contribution >= 0.6 is 0 Å². The van der Waals surface area contributed by atoms with E-state index < -0.39 is 0 Å². The molecule has 0 aromatic heterocycles. The number of nitrogens with one attached hydrogen (secondary N) is 1. The fourth-order valence-electron chi connectivity index (χ4n) is 3.58. The summed E-state index contributed by atoms with van der Waals surface area (Å²) in [5.41, 5.74) is 3.69. The van der Waals surface area contributed by atoms with Crippen LogP contribution in [0.1, 0.15) is 44.9 Å². The van der Waals surface area contributed by atoms with Gasteiger partial charge in [0.1, 0.15) is 1.41 Å². The van der Waals surface area contributed by atoms with Crippen LogP contribution in [0.4, 0.5) is 5.69 Å². The summed E-state index contributed by atoms with van der Waals surface area (Å²) < 4.78 is 8.91. The van der Waals surface area contributed by atoms with Crippen molar-refractivity contribution in [3.05, 3.63) is 65.7 Å². The average molecular weight is 309 g/mol. The van der Waals surface area contributed by atoms with E-state index in [1.165, 1.54) is 16.8 Å². The Labute approximate surface area is 142 Å². The second kappa shape index (κ2) is 6.01. The molecule has 0 amide bonds. The first kappa shape index (κ1) is 14.8. The number of anilines is 1. The maximum Gasteiger partial charge on any atom is 0.125 e. The Kier molecular flexibility index (Phi) is 3.86. The molecule has 3 rings (SSSR count). The van der Waals surface area contributed by atoms with Gasteiger partial charge in [-0.2, -0.15) is 0 Å². The van der Waals surface area contributed by atoms with Gasteiger partial charge in [-0.3, -0.25) is 5.31 Å². The summed E-state index contributed by atoms with van der Waals surface area (Å²) in [6, 6.07) is 19.3. The lowest BCUT2D eigenvalue weighted by atomic mass is 9.91. The van der Waals surface area contributed by atoms with Crippen molar-refractivity contribution in [1.82, 2.24) is 5.31 Å². The first-order valence-electron chi connectivity index (χ1n) is 8.93. The minimum Gasteiger partial charge on any atom is -0.351 e. The van der Waals surface area contributed by atoms with E-state index in [1.807, 2.05) is 11.4 Å². The molecule has 1 saturated heterocycles. The predicted octanol–water partition coefficient (Wildman–Crippen LogP) is 4.91. The molecule has 0 bridgehead atoms. The van der Waals surface area contributed by atoms with Crippen molar-refractivity contribution in [2.45, 2.75) is 52.9 Å². The summed E-state index contributed by atoms with van der Waals surface area (Å²) >= 11 is 0. The van der Waals surface area contributed by atoms with Crippen LogP contribution in [-0.2, 0) is 0 Å². The zero-order valence-corrected chi connectivity index (χ0v) is 14.8. The summed E-state index contributed by atoms with van der Waals surface area (Å²) in [4.78, 5) is 2.44. The Morgan fingerprint density at radius 1 is 1.00 bits per heavy atom. The van der Waals surface area contributed by atoms with Crippen molar-refractivity contribution < 1.29 is 1.41 Å². The molecule has 1 heterocycles. The number of hydrogen-bond acceptors (Lipinski definition) is 2. The largest absolute Gasteiger partial charge is 0.351 e. The quantitative estimate of drug-likeness (QED) is 0.848. The van der Waals surface area contributed by atoms with Crippen molar-refractivity contribution in [2.75, 3.05) is 4.90 Å². The third-order valence-corrected chi connectivity index (χ3v) is 4.77. The topological polar surface area (TPSA) is 15.3 Å². The van der Waals surface area contributed by atoms with Gasteiger partial charge in [0.15, 0.2) is 0 Å². The summed E-state index contributed by atoms with van der Waals surface area (Å²) in [6.07, 6.45) is 0.0267. The van der Waals surface area contributed by atoms with Crippen LogP contribution in [0.25, 0.3) is 0 Å². The van der Waals surface area contributed by atoms with Crippen molar-refractivity contribution in [1.29, 1.82) is 0 Å². The monoisotopic (exact) mass is 309 g/mol. The van der Waals surface area contributed by atoms with Crippen LogP contribution < -0.4 is 10.2 Å². The van der Waals surface area contributed by atoms with Crippen LogP contribution in [0.5, 0.6) is 0 Å². The number of aryl methyl sites for hydroxylation is 1. The van der Waals surface area contributed by atoms with Gasteiger partial charge in [0, 0.05) is 11.7 Å². The zero-order chi connectivity index (χ0) is 17.5. The van der Waals surface area contributed by atoms with Gasteiger partial charge in [-0.25, -0.2) is 0 Å². The first-order chi connectivity index (χ1) is 11.3. The Bertz CT molecular complexity index is 692. The number of benzene rings is 2. The molecule has 1 fully saturated rings. The highest BCUT2D eigenvalue weighted by molar-refractivity contribution is 5.56. The predicted molar refractivity (Wildman–Crippen MR) is 98.7 cm³/mol. The molecular weight excluding hydrogens is 280 g/mol. The molecule has 2 nitrogen and oxygen atoms in total. The van der Waals surface area contributed by atoms with Gasteiger partial charge in [0.05, 0.1) is 12.2 Å². The fourth-order valence-corrected chi connectivity index (χ4v) is 3.58. The minimum absolute atomic E-state index is 0.0260. The highest BCUT2D eigenvalue weighted by Crippen LogP contribution is 2.40. The smallest absolute Gasteiger partial charge is 0.125 e. The summed E-state index contributed by atoms with van der Waals surface area (Å²) in [7, 11) is 0. The molecule has 2 aromatic carbocycles. The van der Waals surface area contributed by atoms with Crippen molar-refractivity contribution in [3.63, 3.8) is 0 Å². The van der Waals surface area contributed by atoms with Gasteiger partial charge in [-0.05, 0) is 36.5 Å². The lowest BCUT2D eigenvalue weighted by Crippen LogP contribution is -2.47. The Morgan fingerprint density at radius 2 is 1.61 bits per heavy atom. The van der Waals surface area contributed by atoms with E-state index in [2.05, 4.69) is 88.0 Å². The van der Waals surface area contributed by atoms with E-state index in [1.54, 1.807) is 0 Å². The molecule has 0 radical (unpaired) electrons. The molecule has 3 atom stereocenters. The fraction of sp³-hybridized carbons (Fsp3) is 0.429. The number of hydrogen-bond donors (Lipinski definition) is 1. The van der Waals surface area contributed by atoms with Crippen molar-refractivity contribution in [2.24, 2.45) is 5.41 Å². The van der Waals surface area contributed by atoms with Gasteiger partial charge < -0.3 is 4.90 Å². The maximum absolute atomic E-state index is 8.91. The molecule has 0 aliphatic carbocycles. The zero-order valence-electron chi connectivity index (χ0n) is 15.8. The van der Waals surface area contributed by atoms with Crippen molar-refractivity contribution in [3.8, 4) is 0 Å². The molecule has 0 spiro atoms.